The van der Waals surface area contributed by atoms with E-state index in [1.54, 1.807) is 0 Å². The number of carbonyl (C=O) groups excluding carboxylic acids is 1. The van der Waals surface area contributed by atoms with Crippen molar-refractivity contribution in [1.82, 2.24) is 0 Å². The molecule has 0 bridgehead atoms. The fourth-order valence-electron chi connectivity index (χ4n) is 4.50. The van der Waals surface area contributed by atoms with Crippen LogP contribution in [0.25, 0.3) is 0 Å². The zero-order chi connectivity index (χ0) is 18.7. The van der Waals surface area contributed by atoms with Gasteiger partial charge < -0.3 is 4.74 Å². The summed E-state index contributed by atoms with van der Waals surface area (Å²) in [5.41, 5.74) is 0.246. The van der Waals surface area contributed by atoms with Crippen molar-refractivity contribution < 1.29 is 9.53 Å². The van der Waals surface area contributed by atoms with Gasteiger partial charge in [-0.2, -0.15) is 24.4 Å². The summed E-state index contributed by atoms with van der Waals surface area (Å²) in [6.07, 6.45) is 6.98. The molecule has 2 rings (SSSR count). The molecule has 2 aliphatic carbocycles. The molecule has 2 fully saturated rings. The second-order valence-electron chi connectivity index (χ2n) is 9.46. The number of hydrogen-bond acceptors (Lipinski definition) is 4. The number of hydrogen-bond donors (Lipinski definition) is 1. The molecule has 0 N–H and O–H groups in total. The van der Waals surface area contributed by atoms with Gasteiger partial charge in [0, 0.05) is 11.2 Å². The average molecular weight is 387 g/mol. The third kappa shape index (κ3) is 5.12. The van der Waals surface area contributed by atoms with Crippen LogP contribution in [0.2, 0.25) is 0 Å². The lowest BCUT2D eigenvalue weighted by molar-refractivity contribution is -0.155. The maximum atomic E-state index is 12.3. The van der Waals surface area contributed by atoms with Crippen molar-refractivity contribution in [2.45, 2.75) is 79.2 Å². The van der Waals surface area contributed by atoms with Crippen molar-refractivity contribution in [2.24, 2.45) is 28.6 Å². The largest absolute Gasteiger partial charge is 0.462 e. The van der Waals surface area contributed by atoms with Crippen molar-refractivity contribution in [3.8, 4) is 0 Å². The molecule has 0 aromatic carbocycles. The van der Waals surface area contributed by atoms with Gasteiger partial charge in [-0.05, 0) is 60.4 Å². The molecule has 0 radical (unpaired) electrons. The van der Waals surface area contributed by atoms with Crippen LogP contribution in [0.15, 0.2) is 0 Å². The molecule has 0 spiro atoms. The number of carbonyl (C=O) groups is 1. The molecule has 4 atom stereocenters. The summed E-state index contributed by atoms with van der Waals surface area (Å²) >= 11 is 6.39. The molecule has 0 amide bonds. The van der Waals surface area contributed by atoms with Crippen LogP contribution in [0, 0.1) is 28.6 Å². The predicted molar refractivity (Wildman–Crippen MR) is 112 cm³/mol. The van der Waals surface area contributed by atoms with E-state index in [9.17, 15) is 4.79 Å². The highest BCUT2D eigenvalue weighted by molar-refractivity contribution is 7.99. The maximum absolute atomic E-state index is 12.3. The Hall–Kier alpha value is 0.170. The van der Waals surface area contributed by atoms with Gasteiger partial charge in [-0.25, -0.2) is 0 Å². The Morgan fingerprint density at radius 1 is 1.12 bits per heavy atom. The van der Waals surface area contributed by atoms with E-state index >= 15 is 0 Å². The second-order valence-corrected chi connectivity index (χ2v) is 11.0. The quantitative estimate of drug-likeness (QED) is 0.338. The van der Waals surface area contributed by atoms with Crippen LogP contribution < -0.4 is 0 Å². The first-order valence-electron chi connectivity index (χ1n) is 10.1. The predicted octanol–water partition coefficient (Wildman–Crippen LogP) is 5.85. The van der Waals surface area contributed by atoms with Crippen molar-refractivity contribution in [3.63, 3.8) is 0 Å². The Bertz CT molecular complexity index is 447. The molecule has 25 heavy (non-hydrogen) atoms. The van der Waals surface area contributed by atoms with Crippen LogP contribution in [0.5, 0.6) is 0 Å². The lowest BCUT2D eigenvalue weighted by Gasteiger charge is -2.40. The Kier molecular flexibility index (Phi) is 7.65. The highest BCUT2D eigenvalue weighted by Gasteiger charge is 2.54. The Morgan fingerprint density at radius 2 is 1.80 bits per heavy atom. The van der Waals surface area contributed by atoms with Crippen molar-refractivity contribution in [1.29, 1.82) is 0 Å². The minimum Gasteiger partial charge on any atom is -0.462 e. The first kappa shape index (κ1) is 21.5. The summed E-state index contributed by atoms with van der Waals surface area (Å²) < 4.78 is 5.90. The van der Waals surface area contributed by atoms with Crippen LogP contribution in [-0.4, -0.2) is 29.3 Å². The Morgan fingerprint density at radius 3 is 2.40 bits per heavy atom. The SMILES string of the molecule is CC1CC(OC(=O)CCSCC2CCCC(CS)C2)C(C)(C)C1(C)C. The van der Waals surface area contributed by atoms with Gasteiger partial charge in [0.15, 0.2) is 0 Å². The molecular weight excluding hydrogens is 348 g/mol. The van der Waals surface area contributed by atoms with E-state index < -0.39 is 0 Å². The van der Waals surface area contributed by atoms with Crippen molar-refractivity contribution in [2.75, 3.05) is 17.3 Å². The van der Waals surface area contributed by atoms with Gasteiger partial charge >= 0.3 is 5.97 Å². The fourth-order valence-corrected chi connectivity index (χ4v) is 5.94. The van der Waals surface area contributed by atoms with E-state index in [1.165, 1.54) is 31.4 Å². The highest BCUT2D eigenvalue weighted by atomic mass is 32.2. The summed E-state index contributed by atoms with van der Waals surface area (Å²) in [7, 11) is 0. The molecule has 2 aliphatic rings. The minimum atomic E-state index is -0.00708. The molecule has 2 saturated carbocycles. The van der Waals surface area contributed by atoms with Gasteiger partial charge in [-0.1, -0.05) is 41.0 Å². The molecule has 0 aromatic heterocycles. The molecule has 0 saturated heterocycles. The molecule has 4 heteroatoms. The lowest BCUT2D eigenvalue weighted by Crippen LogP contribution is -2.38. The third-order valence-electron chi connectivity index (χ3n) is 7.49. The molecule has 2 nitrogen and oxygen atoms in total. The summed E-state index contributed by atoms with van der Waals surface area (Å²) in [6.45, 7) is 11.4. The lowest BCUT2D eigenvalue weighted by atomic mass is 9.67. The molecule has 0 aromatic rings. The second kappa shape index (κ2) is 8.91. The summed E-state index contributed by atoms with van der Waals surface area (Å²) in [5, 5.41) is 0. The molecule has 0 aliphatic heterocycles. The molecular formula is C21H38O2S2. The molecule has 0 heterocycles. The van der Waals surface area contributed by atoms with Crippen molar-refractivity contribution >= 4 is 30.4 Å². The summed E-state index contributed by atoms with van der Waals surface area (Å²) in [6, 6.07) is 0. The van der Waals surface area contributed by atoms with Crippen LogP contribution in [0.1, 0.15) is 73.1 Å². The zero-order valence-electron chi connectivity index (χ0n) is 16.8. The van der Waals surface area contributed by atoms with E-state index in [-0.39, 0.29) is 22.9 Å². The van der Waals surface area contributed by atoms with Gasteiger partial charge in [0.05, 0.1) is 6.42 Å². The van der Waals surface area contributed by atoms with Crippen LogP contribution in [0.3, 0.4) is 0 Å². The average Bonchev–Trinajstić information content (AvgIpc) is 2.71. The van der Waals surface area contributed by atoms with Gasteiger partial charge in [0.2, 0.25) is 0 Å². The van der Waals surface area contributed by atoms with E-state index in [4.69, 9.17) is 4.74 Å². The monoisotopic (exact) mass is 386 g/mol. The van der Waals surface area contributed by atoms with E-state index in [2.05, 4.69) is 47.2 Å². The fraction of sp³-hybridized carbons (Fsp3) is 0.952. The van der Waals surface area contributed by atoms with E-state index in [0.717, 1.165) is 29.8 Å². The molecule has 146 valence electrons. The Balaban J connectivity index is 1.68. The summed E-state index contributed by atoms with van der Waals surface area (Å²) in [4.78, 5) is 12.3. The zero-order valence-corrected chi connectivity index (χ0v) is 18.6. The normalized spacial score (nSPS) is 34.0. The Labute approximate surface area is 165 Å². The van der Waals surface area contributed by atoms with Crippen LogP contribution in [0.4, 0.5) is 0 Å². The van der Waals surface area contributed by atoms with Crippen LogP contribution >= 0.6 is 24.4 Å². The first-order chi connectivity index (χ1) is 11.7. The summed E-state index contributed by atoms with van der Waals surface area (Å²) in [5.74, 6) is 5.32. The van der Waals surface area contributed by atoms with Gasteiger partial charge in [0.1, 0.15) is 6.10 Å². The van der Waals surface area contributed by atoms with Gasteiger partial charge in [-0.15, -0.1) is 0 Å². The van der Waals surface area contributed by atoms with Crippen LogP contribution in [-0.2, 0) is 9.53 Å². The topological polar surface area (TPSA) is 26.3 Å². The smallest absolute Gasteiger partial charge is 0.306 e. The minimum absolute atomic E-state index is 0.00708. The van der Waals surface area contributed by atoms with Gasteiger partial charge in [-0.3, -0.25) is 4.79 Å². The van der Waals surface area contributed by atoms with E-state index in [1.807, 2.05) is 11.8 Å². The number of esters is 1. The van der Waals surface area contributed by atoms with Gasteiger partial charge in [0.25, 0.3) is 0 Å². The first-order valence-corrected chi connectivity index (χ1v) is 11.8. The number of thiol groups is 1. The standard InChI is InChI=1S/C21H38O2S2/c1-15-11-18(21(4,5)20(15,2)3)23-19(22)9-10-25-14-17-8-6-7-16(12-17)13-24/h15-18,24H,6-14H2,1-5H3. The number of ether oxygens (including phenoxy) is 1. The third-order valence-corrected chi connectivity index (χ3v) is 9.21. The number of thioether (sulfide) groups is 1. The maximum Gasteiger partial charge on any atom is 0.306 e. The molecule has 4 unspecified atom stereocenters. The van der Waals surface area contributed by atoms with E-state index in [0.29, 0.717) is 12.3 Å². The van der Waals surface area contributed by atoms with Crippen molar-refractivity contribution in [3.05, 3.63) is 0 Å². The number of rotatable bonds is 7. The highest BCUT2D eigenvalue weighted by Crippen LogP contribution is 2.56.